The molecular weight excluding hydrogens is 307 g/mol. The second kappa shape index (κ2) is 7.33. The predicted octanol–water partition coefficient (Wildman–Crippen LogP) is 3.56. The van der Waals surface area contributed by atoms with Gasteiger partial charge in [0, 0.05) is 19.3 Å². The molecule has 1 aromatic carbocycles. The van der Waals surface area contributed by atoms with Crippen molar-refractivity contribution in [2.75, 3.05) is 20.3 Å². The van der Waals surface area contributed by atoms with Crippen molar-refractivity contribution in [1.29, 1.82) is 0 Å². The highest BCUT2D eigenvalue weighted by atomic mass is 35.5. The van der Waals surface area contributed by atoms with E-state index in [4.69, 9.17) is 15.2 Å². The van der Waals surface area contributed by atoms with Gasteiger partial charge in [-0.05, 0) is 36.5 Å². The fourth-order valence-electron chi connectivity index (χ4n) is 2.53. The van der Waals surface area contributed by atoms with E-state index in [-0.39, 0.29) is 29.6 Å². The van der Waals surface area contributed by atoms with Gasteiger partial charge in [0.25, 0.3) is 0 Å². The number of rotatable bonds is 3. The molecule has 0 radical (unpaired) electrons. The zero-order valence-corrected chi connectivity index (χ0v) is 12.5. The van der Waals surface area contributed by atoms with Crippen molar-refractivity contribution in [3.8, 4) is 5.75 Å². The quantitative estimate of drug-likeness (QED) is 0.924. The lowest BCUT2D eigenvalue weighted by Crippen LogP contribution is -2.29. The van der Waals surface area contributed by atoms with Crippen molar-refractivity contribution in [2.24, 2.45) is 11.7 Å². The van der Waals surface area contributed by atoms with Gasteiger partial charge in [-0.15, -0.1) is 12.4 Å². The maximum atomic E-state index is 13.2. The summed E-state index contributed by atoms with van der Waals surface area (Å²) in [6.07, 6.45) is -3.07. The predicted molar refractivity (Wildman–Crippen MR) is 75.7 cm³/mol. The standard InChI is InChI=1S/C14H18F3NO2.ClH/c1-19-10-2-3-11(12(8-10)14(15,16)17)13(18)9-4-6-20-7-5-9;/h2-3,8-9,13H,4-7,18H2,1H3;1H/t13-;/m1./s1. The molecule has 7 heteroatoms. The summed E-state index contributed by atoms with van der Waals surface area (Å²) in [4.78, 5) is 0. The lowest BCUT2D eigenvalue weighted by Gasteiger charge is -2.29. The monoisotopic (exact) mass is 325 g/mol. The number of halogens is 4. The fraction of sp³-hybridized carbons (Fsp3) is 0.571. The van der Waals surface area contributed by atoms with Crippen molar-refractivity contribution < 1.29 is 22.6 Å². The third kappa shape index (κ3) is 4.25. The summed E-state index contributed by atoms with van der Waals surface area (Å²) in [5.41, 5.74) is 5.48. The number of hydrogen-bond donors (Lipinski definition) is 1. The van der Waals surface area contributed by atoms with E-state index < -0.39 is 17.8 Å². The van der Waals surface area contributed by atoms with Crippen LogP contribution in [0.3, 0.4) is 0 Å². The number of nitrogens with two attached hydrogens (primary N) is 1. The van der Waals surface area contributed by atoms with Crippen LogP contribution in [0, 0.1) is 5.92 Å². The minimum Gasteiger partial charge on any atom is -0.497 e. The van der Waals surface area contributed by atoms with Gasteiger partial charge in [0.05, 0.1) is 12.7 Å². The summed E-state index contributed by atoms with van der Waals surface area (Å²) in [6.45, 7) is 1.10. The van der Waals surface area contributed by atoms with Crippen molar-refractivity contribution in [1.82, 2.24) is 0 Å². The topological polar surface area (TPSA) is 44.5 Å². The lowest BCUT2D eigenvalue weighted by atomic mass is 9.85. The Balaban J connectivity index is 0.00000220. The van der Waals surface area contributed by atoms with Crippen LogP contribution in [0.1, 0.15) is 30.0 Å². The highest BCUT2D eigenvalue weighted by Gasteiger charge is 2.36. The van der Waals surface area contributed by atoms with Crippen LogP contribution in [0.15, 0.2) is 18.2 Å². The average Bonchev–Trinajstić information content (AvgIpc) is 2.46. The molecular formula is C14H19ClF3NO2. The fourth-order valence-corrected chi connectivity index (χ4v) is 2.53. The van der Waals surface area contributed by atoms with Crippen LogP contribution < -0.4 is 10.5 Å². The van der Waals surface area contributed by atoms with Crippen LogP contribution in [0.2, 0.25) is 0 Å². The third-order valence-electron chi connectivity index (χ3n) is 3.70. The molecule has 0 amide bonds. The highest BCUT2D eigenvalue weighted by molar-refractivity contribution is 5.85. The van der Waals surface area contributed by atoms with E-state index in [2.05, 4.69) is 0 Å². The Kier molecular flexibility index (Phi) is 6.31. The molecule has 0 aliphatic carbocycles. The summed E-state index contributed by atoms with van der Waals surface area (Å²) in [6, 6.07) is 3.31. The number of benzene rings is 1. The Bertz CT molecular complexity index is 462. The lowest BCUT2D eigenvalue weighted by molar-refractivity contribution is -0.138. The van der Waals surface area contributed by atoms with E-state index in [1.165, 1.54) is 19.2 Å². The van der Waals surface area contributed by atoms with Crippen molar-refractivity contribution in [3.05, 3.63) is 29.3 Å². The molecule has 1 atom stereocenters. The van der Waals surface area contributed by atoms with Crippen LogP contribution in [0.25, 0.3) is 0 Å². The first-order valence-corrected chi connectivity index (χ1v) is 6.52. The normalized spacial score (nSPS) is 18.0. The molecule has 21 heavy (non-hydrogen) atoms. The molecule has 1 aromatic rings. The summed E-state index contributed by atoms with van der Waals surface area (Å²) in [7, 11) is 1.34. The molecule has 0 spiro atoms. The zero-order chi connectivity index (χ0) is 14.8. The van der Waals surface area contributed by atoms with Crippen molar-refractivity contribution in [3.63, 3.8) is 0 Å². The SMILES string of the molecule is COc1ccc([C@H](N)C2CCOCC2)c(C(F)(F)F)c1.Cl. The minimum absolute atomic E-state index is 0. The number of ether oxygens (including phenoxy) is 2. The van der Waals surface area contributed by atoms with E-state index >= 15 is 0 Å². The van der Waals surface area contributed by atoms with Gasteiger partial charge in [0.2, 0.25) is 0 Å². The molecule has 2 rings (SSSR count). The summed E-state index contributed by atoms with van der Waals surface area (Å²) in [5.74, 6) is 0.193. The van der Waals surface area contributed by atoms with Gasteiger partial charge in [-0.1, -0.05) is 6.07 Å². The van der Waals surface area contributed by atoms with Crippen LogP contribution in [-0.4, -0.2) is 20.3 Å². The van der Waals surface area contributed by atoms with Gasteiger partial charge in [-0.25, -0.2) is 0 Å². The first-order valence-electron chi connectivity index (χ1n) is 6.52. The molecule has 0 bridgehead atoms. The highest BCUT2D eigenvalue weighted by Crippen LogP contribution is 2.39. The smallest absolute Gasteiger partial charge is 0.416 e. The molecule has 1 heterocycles. The maximum Gasteiger partial charge on any atom is 0.416 e. The Morgan fingerprint density at radius 1 is 1.29 bits per heavy atom. The summed E-state index contributed by atoms with van der Waals surface area (Å²) in [5, 5.41) is 0. The zero-order valence-electron chi connectivity index (χ0n) is 11.7. The van der Waals surface area contributed by atoms with Gasteiger partial charge in [0.1, 0.15) is 5.75 Å². The molecule has 3 nitrogen and oxygen atoms in total. The van der Waals surface area contributed by atoms with Crippen molar-refractivity contribution >= 4 is 12.4 Å². The molecule has 0 unspecified atom stereocenters. The molecule has 1 fully saturated rings. The van der Waals surface area contributed by atoms with E-state index in [0.717, 1.165) is 6.07 Å². The minimum atomic E-state index is -4.44. The molecule has 120 valence electrons. The Labute approximate surface area is 128 Å². The van der Waals surface area contributed by atoms with Gasteiger partial charge in [-0.3, -0.25) is 0 Å². The van der Waals surface area contributed by atoms with E-state index in [1.54, 1.807) is 0 Å². The largest absolute Gasteiger partial charge is 0.497 e. The van der Waals surface area contributed by atoms with Crippen LogP contribution in [0.4, 0.5) is 13.2 Å². The van der Waals surface area contributed by atoms with Gasteiger partial charge in [-0.2, -0.15) is 13.2 Å². The molecule has 1 aliphatic heterocycles. The molecule has 0 aromatic heterocycles. The van der Waals surface area contributed by atoms with Gasteiger partial charge in [0.15, 0.2) is 0 Å². The molecule has 2 N–H and O–H groups in total. The molecule has 1 saturated heterocycles. The number of methoxy groups -OCH3 is 1. The molecule has 0 saturated carbocycles. The second-order valence-corrected chi connectivity index (χ2v) is 4.93. The van der Waals surface area contributed by atoms with Gasteiger partial charge < -0.3 is 15.2 Å². The van der Waals surface area contributed by atoms with E-state index in [9.17, 15) is 13.2 Å². The van der Waals surface area contributed by atoms with Crippen LogP contribution in [0.5, 0.6) is 5.75 Å². The Morgan fingerprint density at radius 3 is 2.43 bits per heavy atom. The Hall–Kier alpha value is -0.980. The maximum absolute atomic E-state index is 13.2. The van der Waals surface area contributed by atoms with Gasteiger partial charge >= 0.3 is 6.18 Å². The van der Waals surface area contributed by atoms with Crippen molar-refractivity contribution in [2.45, 2.75) is 25.1 Å². The van der Waals surface area contributed by atoms with Crippen LogP contribution >= 0.6 is 12.4 Å². The summed E-state index contributed by atoms with van der Waals surface area (Å²) < 4.78 is 49.6. The Morgan fingerprint density at radius 2 is 1.90 bits per heavy atom. The average molecular weight is 326 g/mol. The third-order valence-corrected chi connectivity index (χ3v) is 3.70. The first kappa shape index (κ1) is 18.1. The second-order valence-electron chi connectivity index (χ2n) is 4.93. The van der Waals surface area contributed by atoms with Crippen LogP contribution in [-0.2, 0) is 10.9 Å². The first-order chi connectivity index (χ1) is 9.43. The van der Waals surface area contributed by atoms with E-state index in [1.807, 2.05) is 0 Å². The number of alkyl halides is 3. The number of hydrogen-bond acceptors (Lipinski definition) is 3. The molecule has 1 aliphatic rings. The van der Waals surface area contributed by atoms with E-state index in [0.29, 0.717) is 26.1 Å². The summed E-state index contributed by atoms with van der Waals surface area (Å²) >= 11 is 0.